The van der Waals surface area contributed by atoms with E-state index in [1.165, 1.54) is 22.3 Å². The van der Waals surface area contributed by atoms with Crippen molar-refractivity contribution in [3.05, 3.63) is 58.7 Å². The van der Waals surface area contributed by atoms with Crippen molar-refractivity contribution in [1.82, 2.24) is 5.32 Å². The SMILES string of the molecule is CC1(C(=O)NC[C@@]2(C)CCC[C@]3(C)c4cc(O)ccc4CC[C@@H]23)CCCC2(C)c3cc(O)ccc3CCC12. The van der Waals surface area contributed by atoms with E-state index in [-0.39, 0.29) is 28.1 Å². The van der Waals surface area contributed by atoms with Crippen LogP contribution < -0.4 is 5.32 Å². The van der Waals surface area contributed by atoms with Crippen LogP contribution in [0.5, 0.6) is 11.5 Å². The summed E-state index contributed by atoms with van der Waals surface area (Å²) in [5.41, 5.74) is 4.87. The molecule has 0 aliphatic heterocycles. The lowest BCUT2D eigenvalue weighted by molar-refractivity contribution is -0.140. The van der Waals surface area contributed by atoms with E-state index in [1.807, 2.05) is 18.2 Å². The minimum absolute atomic E-state index is 0.0328. The summed E-state index contributed by atoms with van der Waals surface area (Å²) >= 11 is 0. The van der Waals surface area contributed by atoms with Gasteiger partial charge in [-0.25, -0.2) is 0 Å². The van der Waals surface area contributed by atoms with Crippen molar-refractivity contribution in [2.75, 3.05) is 6.54 Å². The highest BCUT2D eigenvalue weighted by Crippen LogP contribution is 2.59. The Morgan fingerprint density at radius 2 is 1.32 bits per heavy atom. The Balaban J connectivity index is 1.24. The van der Waals surface area contributed by atoms with Crippen molar-refractivity contribution in [2.45, 2.75) is 103 Å². The second-order valence-electron chi connectivity index (χ2n) is 14.2. The minimum Gasteiger partial charge on any atom is -0.508 e. The molecule has 3 N–H and O–H groups in total. The molecular formula is C34H45NO3. The number of phenols is 2. The minimum atomic E-state index is -0.407. The predicted molar refractivity (Wildman–Crippen MR) is 151 cm³/mol. The van der Waals surface area contributed by atoms with E-state index >= 15 is 0 Å². The number of amides is 1. The van der Waals surface area contributed by atoms with Gasteiger partial charge >= 0.3 is 0 Å². The first-order valence-electron chi connectivity index (χ1n) is 14.9. The van der Waals surface area contributed by atoms with E-state index < -0.39 is 5.41 Å². The number of hydrogen-bond donors (Lipinski definition) is 3. The molecule has 2 aromatic carbocycles. The number of carbonyl (C=O) groups is 1. The van der Waals surface area contributed by atoms with Crippen LogP contribution in [-0.4, -0.2) is 22.7 Å². The van der Waals surface area contributed by atoms with Gasteiger partial charge in [0.05, 0.1) is 5.41 Å². The summed E-state index contributed by atoms with van der Waals surface area (Å²) in [6.07, 6.45) is 10.6. The second-order valence-corrected chi connectivity index (χ2v) is 14.2. The van der Waals surface area contributed by atoms with Gasteiger partial charge in [-0.05, 0) is 126 Å². The summed E-state index contributed by atoms with van der Waals surface area (Å²) in [6.45, 7) is 10.1. The number of phenolic OH excluding ortho intramolecular Hbond substituents is 2. The third-order valence-corrected chi connectivity index (χ3v) is 12.0. The Labute approximate surface area is 228 Å². The first-order chi connectivity index (χ1) is 18.0. The Bertz CT molecular complexity index is 1270. The maximum atomic E-state index is 14.2. The predicted octanol–water partition coefficient (Wildman–Crippen LogP) is 6.93. The number of carbonyl (C=O) groups excluding carboxylic acids is 1. The molecule has 4 aliphatic rings. The number of hydrogen-bond acceptors (Lipinski definition) is 3. The van der Waals surface area contributed by atoms with Crippen LogP contribution in [0.15, 0.2) is 36.4 Å². The molecule has 0 radical (unpaired) electrons. The molecule has 2 saturated carbocycles. The van der Waals surface area contributed by atoms with Crippen molar-refractivity contribution in [2.24, 2.45) is 22.7 Å². The number of aryl methyl sites for hydroxylation is 2. The zero-order chi connectivity index (χ0) is 26.9. The number of aromatic hydroxyl groups is 2. The van der Waals surface area contributed by atoms with Crippen LogP contribution in [0.25, 0.3) is 0 Å². The highest BCUT2D eigenvalue weighted by atomic mass is 16.3. The van der Waals surface area contributed by atoms with Gasteiger partial charge in [0, 0.05) is 6.54 Å². The Hall–Kier alpha value is -2.49. The van der Waals surface area contributed by atoms with Gasteiger partial charge in [0.15, 0.2) is 0 Å². The molecule has 2 fully saturated rings. The van der Waals surface area contributed by atoms with Crippen LogP contribution in [0.2, 0.25) is 0 Å². The van der Waals surface area contributed by atoms with Gasteiger partial charge in [-0.2, -0.15) is 0 Å². The van der Waals surface area contributed by atoms with E-state index in [2.05, 4.69) is 45.1 Å². The normalized spacial score (nSPS) is 37.8. The number of rotatable bonds is 3. The van der Waals surface area contributed by atoms with Crippen molar-refractivity contribution in [1.29, 1.82) is 0 Å². The molecule has 6 rings (SSSR count). The molecule has 6 atom stereocenters. The fraction of sp³-hybridized carbons (Fsp3) is 0.618. The monoisotopic (exact) mass is 515 g/mol. The Kier molecular flexibility index (Phi) is 5.94. The molecule has 2 aromatic rings. The average Bonchev–Trinajstić information content (AvgIpc) is 2.88. The topological polar surface area (TPSA) is 69.6 Å². The standard InChI is InChI=1S/C34H45NO3/c1-31(15-5-16-32(2)26-19-24(36)11-7-22(26)9-13-28(31)32)21-35-30(38)34(4)18-6-17-33(3)27-20-25(37)12-8-23(27)10-14-29(33)34/h7-8,11-12,19-20,28-29,36-37H,5-6,9-10,13-18,21H2,1-4H3,(H,35,38)/t28-,29?,31+,32+,33?,34?/m0/s1. The smallest absolute Gasteiger partial charge is 0.226 e. The highest BCUT2D eigenvalue weighted by Gasteiger charge is 2.56. The first-order valence-corrected chi connectivity index (χ1v) is 14.9. The number of nitrogens with one attached hydrogen (secondary N) is 1. The number of fused-ring (bicyclic) bond motifs is 6. The van der Waals surface area contributed by atoms with Gasteiger partial charge in [-0.1, -0.05) is 52.7 Å². The van der Waals surface area contributed by atoms with Gasteiger partial charge in [0.2, 0.25) is 5.91 Å². The molecule has 1 amide bonds. The summed E-state index contributed by atoms with van der Waals surface area (Å²) in [5, 5.41) is 24.1. The molecule has 204 valence electrons. The number of benzene rings is 2. The lowest BCUT2D eigenvalue weighted by Crippen LogP contribution is -2.58. The van der Waals surface area contributed by atoms with Crippen LogP contribution in [-0.2, 0) is 28.5 Å². The molecule has 0 aromatic heterocycles. The Morgan fingerprint density at radius 3 is 1.92 bits per heavy atom. The zero-order valence-corrected chi connectivity index (χ0v) is 23.7. The molecule has 38 heavy (non-hydrogen) atoms. The van der Waals surface area contributed by atoms with Crippen molar-refractivity contribution < 1.29 is 15.0 Å². The summed E-state index contributed by atoms with van der Waals surface area (Å²) in [4.78, 5) is 14.2. The van der Waals surface area contributed by atoms with Crippen molar-refractivity contribution in [3.8, 4) is 11.5 Å². The molecule has 3 unspecified atom stereocenters. The van der Waals surface area contributed by atoms with Gasteiger partial charge in [-0.15, -0.1) is 0 Å². The van der Waals surface area contributed by atoms with Gasteiger partial charge in [-0.3, -0.25) is 4.79 Å². The summed E-state index contributed by atoms with van der Waals surface area (Å²) in [5.74, 6) is 1.67. The van der Waals surface area contributed by atoms with E-state index in [0.29, 0.717) is 17.4 Å². The quantitative estimate of drug-likeness (QED) is 0.415. The van der Waals surface area contributed by atoms with Gasteiger partial charge < -0.3 is 15.5 Å². The van der Waals surface area contributed by atoms with Crippen LogP contribution in [0.1, 0.15) is 101 Å². The molecular weight excluding hydrogens is 470 g/mol. The van der Waals surface area contributed by atoms with Gasteiger partial charge in [0.1, 0.15) is 11.5 Å². The lowest BCUT2D eigenvalue weighted by atomic mass is 9.49. The fourth-order valence-corrected chi connectivity index (χ4v) is 10.00. The van der Waals surface area contributed by atoms with E-state index in [9.17, 15) is 15.0 Å². The second kappa shape index (κ2) is 8.76. The van der Waals surface area contributed by atoms with Crippen LogP contribution in [0.4, 0.5) is 0 Å². The molecule has 0 bridgehead atoms. The van der Waals surface area contributed by atoms with E-state index in [0.717, 1.165) is 70.8 Å². The van der Waals surface area contributed by atoms with E-state index in [4.69, 9.17) is 0 Å². The third-order valence-electron chi connectivity index (χ3n) is 12.0. The van der Waals surface area contributed by atoms with Gasteiger partial charge in [0.25, 0.3) is 0 Å². The molecule has 4 aliphatic carbocycles. The maximum absolute atomic E-state index is 14.2. The zero-order valence-electron chi connectivity index (χ0n) is 23.7. The highest BCUT2D eigenvalue weighted by molar-refractivity contribution is 5.83. The largest absolute Gasteiger partial charge is 0.508 e. The van der Waals surface area contributed by atoms with E-state index in [1.54, 1.807) is 6.07 Å². The molecule has 4 nitrogen and oxygen atoms in total. The van der Waals surface area contributed by atoms with Crippen molar-refractivity contribution >= 4 is 5.91 Å². The average molecular weight is 516 g/mol. The molecule has 0 saturated heterocycles. The van der Waals surface area contributed by atoms with Crippen LogP contribution >= 0.6 is 0 Å². The fourth-order valence-electron chi connectivity index (χ4n) is 10.00. The lowest BCUT2D eigenvalue weighted by Gasteiger charge is -2.56. The van der Waals surface area contributed by atoms with Crippen LogP contribution in [0, 0.1) is 22.7 Å². The molecule has 0 heterocycles. The molecule has 0 spiro atoms. The third kappa shape index (κ3) is 3.72. The summed E-state index contributed by atoms with van der Waals surface area (Å²) in [6, 6.07) is 11.8. The summed E-state index contributed by atoms with van der Waals surface area (Å²) < 4.78 is 0. The molecule has 4 heteroatoms. The first kappa shape index (κ1) is 25.8. The maximum Gasteiger partial charge on any atom is 0.226 e. The summed E-state index contributed by atoms with van der Waals surface area (Å²) in [7, 11) is 0. The Morgan fingerprint density at radius 1 is 0.789 bits per heavy atom. The van der Waals surface area contributed by atoms with Crippen LogP contribution in [0.3, 0.4) is 0 Å². The van der Waals surface area contributed by atoms with Crippen molar-refractivity contribution in [3.63, 3.8) is 0 Å².